The highest BCUT2D eigenvalue weighted by Gasteiger charge is 2.33. The number of carbonyl (C=O) groups excluding carboxylic acids is 1. The summed E-state index contributed by atoms with van der Waals surface area (Å²) in [4.78, 5) is 11.7. The smallest absolute Gasteiger partial charge is 0.220 e. The van der Waals surface area contributed by atoms with Gasteiger partial charge in [0.15, 0.2) is 0 Å². The maximum absolute atomic E-state index is 11.7. The molecule has 0 aromatic rings. The van der Waals surface area contributed by atoms with E-state index in [9.17, 15) is 9.00 Å². The summed E-state index contributed by atoms with van der Waals surface area (Å²) < 4.78 is 10.9. The van der Waals surface area contributed by atoms with Crippen molar-refractivity contribution in [2.45, 2.75) is 44.2 Å². The molecule has 2 fully saturated rings. The van der Waals surface area contributed by atoms with E-state index < -0.39 is 10.8 Å². The standard InChI is InChI=1S/C12H22N2O2S/c1-17(16)5-4-13-12(15)8-9-6-10-2-3-11(7-9)14-10/h9-11,14H,2-8H2,1H3,(H,13,15). The SMILES string of the molecule is CS(=O)CCNC(=O)CC1CC2CCC(C1)N2. The fourth-order valence-corrected chi connectivity index (χ4v) is 3.40. The fraction of sp³-hybridized carbons (Fsp3) is 0.917. The van der Waals surface area contributed by atoms with E-state index in [1.165, 1.54) is 12.8 Å². The Labute approximate surface area is 105 Å². The van der Waals surface area contributed by atoms with Crippen LogP contribution in [0.5, 0.6) is 0 Å². The van der Waals surface area contributed by atoms with Gasteiger partial charge in [-0.25, -0.2) is 0 Å². The van der Waals surface area contributed by atoms with Gasteiger partial charge in [-0.1, -0.05) is 0 Å². The first-order valence-electron chi connectivity index (χ1n) is 6.46. The second-order valence-electron chi connectivity index (χ2n) is 5.31. The van der Waals surface area contributed by atoms with E-state index in [0.29, 0.717) is 36.7 Å². The highest BCUT2D eigenvalue weighted by molar-refractivity contribution is 7.84. The third-order valence-corrected chi connectivity index (χ3v) is 4.54. The van der Waals surface area contributed by atoms with Gasteiger partial charge in [0.05, 0.1) is 0 Å². The minimum Gasteiger partial charge on any atom is -0.355 e. The van der Waals surface area contributed by atoms with Crippen molar-refractivity contribution in [3.05, 3.63) is 0 Å². The molecule has 2 aliphatic rings. The van der Waals surface area contributed by atoms with E-state index in [4.69, 9.17) is 0 Å². The lowest BCUT2D eigenvalue weighted by Crippen LogP contribution is -2.40. The van der Waals surface area contributed by atoms with E-state index >= 15 is 0 Å². The third-order valence-electron chi connectivity index (χ3n) is 3.76. The molecule has 0 aliphatic carbocycles. The fourth-order valence-electron chi connectivity index (χ4n) is 3.01. The van der Waals surface area contributed by atoms with Gasteiger partial charge in [0.2, 0.25) is 5.91 Å². The average molecular weight is 258 g/mol. The Morgan fingerprint density at radius 3 is 2.59 bits per heavy atom. The monoisotopic (exact) mass is 258 g/mol. The van der Waals surface area contributed by atoms with Gasteiger partial charge < -0.3 is 10.6 Å². The summed E-state index contributed by atoms with van der Waals surface area (Å²) in [6.45, 7) is 0.541. The summed E-state index contributed by atoms with van der Waals surface area (Å²) >= 11 is 0. The van der Waals surface area contributed by atoms with Crippen LogP contribution in [-0.2, 0) is 15.6 Å². The Bertz CT molecular complexity index is 297. The Balaban J connectivity index is 1.66. The minimum absolute atomic E-state index is 0.127. The van der Waals surface area contributed by atoms with Crippen molar-refractivity contribution in [3.8, 4) is 0 Å². The second kappa shape index (κ2) is 5.96. The quantitative estimate of drug-likeness (QED) is 0.750. The van der Waals surface area contributed by atoms with Crippen molar-refractivity contribution in [1.82, 2.24) is 10.6 Å². The summed E-state index contributed by atoms with van der Waals surface area (Å²) in [7, 11) is -0.815. The zero-order valence-electron chi connectivity index (χ0n) is 10.4. The minimum atomic E-state index is -0.815. The Kier molecular flexibility index (Phi) is 4.56. The molecule has 0 radical (unpaired) electrons. The molecular formula is C12H22N2O2S. The molecule has 2 N–H and O–H groups in total. The number of hydrogen-bond donors (Lipinski definition) is 2. The van der Waals surface area contributed by atoms with Crippen LogP contribution in [-0.4, -0.2) is 40.8 Å². The molecular weight excluding hydrogens is 236 g/mol. The normalized spacial score (nSPS) is 33.4. The molecule has 2 bridgehead atoms. The summed E-state index contributed by atoms with van der Waals surface area (Å²) in [5.41, 5.74) is 0. The number of carbonyl (C=O) groups is 1. The lowest BCUT2D eigenvalue weighted by molar-refractivity contribution is -0.122. The molecule has 4 nitrogen and oxygen atoms in total. The van der Waals surface area contributed by atoms with Crippen molar-refractivity contribution in [2.24, 2.45) is 5.92 Å². The van der Waals surface area contributed by atoms with E-state index in [1.807, 2.05) is 0 Å². The summed E-state index contributed by atoms with van der Waals surface area (Å²) in [5.74, 6) is 1.23. The van der Waals surface area contributed by atoms with Crippen LogP contribution in [0.4, 0.5) is 0 Å². The number of fused-ring (bicyclic) bond motifs is 2. The first-order chi connectivity index (χ1) is 8.13. The molecule has 2 aliphatic heterocycles. The molecule has 1 amide bonds. The first-order valence-corrected chi connectivity index (χ1v) is 8.19. The Hall–Kier alpha value is -0.420. The van der Waals surface area contributed by atoms with Crippen LogP contribution in [0, 0.1) is 5.92 Å². The first kappa shape index (κ1) is 13.0. The van der Waals surface area contributed by atoms with Gasteiger partial charge in [-0.2, -0.15) is 0 Å². The highest BCUT2D eigenvalue weighted by atomic mass is 32.2. The largest absolute Gasteiger partial charge is 0.355 e. The van der Waals surface area contributed by atoms with Crippen LogP contribution in [0.25, 0.3) is 0 Å². The van der Waals surface area contributed by atoms with Gasteiger partial charge in [0.25, 0.3) is 0 Å². The van der Waals surface area contributed by atoms with E-state index in [2.05, 4.69) is 10.6 Å². The van der Waals surface area contributed by atoms with Gasteiger partial charge in [-0.3, -0.25) is 9.00 Å². The number of amides is 1. The van der Waals surface area contributed by atoms with Crippen LogP contribution in [0.15, 0.2) is 0 Å². The number of piperidine rings is 1. The van der Waals surface area contributed by atoms with Crippen molar-refractivity contribution in [3.63, 3.8) is 0 Å². The number of nitrogens with one attached hydrogen (secondary N) is 2. The zero-order chi connectivity index (χ0) is 12.3. The summed E-state index contributed by atoms with van der Waals surface area (Å²) in [6.07, 6.45) is 7.14. The second-order valence-corrected chi connectivity index (χ2v) is 6.86. The van der Waals surface area contributed by atoms with E-state index in [1.54, 1.807) is 6.26 Å². The van der Waals surface area contributed by atoms with Crippen LogP contribution in [0.1, 0.15) is 32.1 Å². The molecule has 0 spiro atoms. The molecule has 3 unspecified atom stereocenters. The number of rotatable bonds is 5. The van der Waals surface area contributed by atoms with E-state index in [0.717, 1.165) is 12.8 Å². The maximum Gasteiger partial charge on any atom is 0.220 e. The maximum atomic E-state index is 11.7. The summed E-state index contributed by atoms with van der Waals surface area (Å²) in [6, 6.07) is 1.30. The lowest BCUT2D eigenvalue weighted by atomic mass is 9.89. The van der Waals surface area contributed by atoms with Crippen LogP contribution in [0.3, 0.4) is 0 Å². The number of hydrogen-bond acceptors (Lipinski definition) is 3. The van der Waals surface area contributed by atoms with Gasteiger partial charge in [0, 0.05) is 47.9 Å². The Morgan fingerprint density at radius 1 is 1.35 bits per heavy atom. The Morgan fingerprint density at radius 2 is 2.00 bits per heavy atom. The molecule has 0 aromatic carbocycles. The molecule has 2 heterocycles. The molecule has 0 saturated carbocycles. The van der Waals surface area contributed by atoms with Gasteiger partial charge in [-0.15, -0.1) is 0 Å². The van der Waals surface area contributed by atoms with Crippen molar-refractivity contribution in [1.29, 1.82) is 0 Å². The predicted octanol–water partition coefficient (Wildman–Crippen LogP) is 0.402. The van der Waals surface area contributed by atoms with Gasteiger partial charge >= 0.3 is 0 Å². The third kappa shape index (κ3) is 4.07. The van der Waals surface area contributed by atoms with Crippen molar-refractivity contribution in [2.75, 3.05) is 18.6 Å². The molecule has 2 rings (SSSR count). The molecule has 5 heteroatoms. The molecule has 98 valence electrons. The predicted molar refractivity (Wildman–Crippen MR) is 69.2 cm³/mol. The molecule has 2 saturated heterocycles. The topological polar surface area (TPSA) is 58.2 Å². The summed E-state index contributed by atoms with van der Waals surface area (Å²) in [5, 5.41) is 6.44. The van der Waals surface area contributed by atoms with Crippen LogP contribution in [0.2, 0.25) is 0 Å². The van der Waals surface area contributed by atoms with Gasteiger partial charge in [0.1, 0.15) is 0 Å². The lowest BCUT2D eigenvalue weighted by Gasteiger charge is -2.28. The van der Waals surface area contributed by atoms with Crippen molar-refractivity contribution >= 4 is 16.7 Å². The van der Waals surface area contributed by atoms with Crippen LogP contribution >= 0.6 is 0 Å². The average Bonchev–Trinajstić information content (AvgIpc) is 2.57. The molecule has 3 atom stereocenters. The van der Waals surface area contributed by atoms with Crippen LogP contribution < -0.4 is 10.6 Å². The highest BCUT2D eigenvalue weighted by Crippen LogP contribution is 2.32. The van der Waals surface area contributed by atoms with Crippen molar-refractivity contribution < 1.29 is 9.00 Å². The van der Waals surface area contributed by atoms with E-state index in [-0.39, 0.29) is 5.91 Å². The zero-order valence-corrected chi connectivity index (χ0v) is 11.2. The van der Waals surface area contributed by atoms with Gasteiger partial charge in [-0.05, 0) is 31.6 Å². The molecule has 0 aromatic heterocycles. The molecule has 17 heavy (non-hydrogen) atoms.